The quantitative estimate of drug-likeness (QED) is 0.725. The monoisotopic (exact) mass is 316 g/mol. The van der Waals surface area contributed by atoms with Crippen LogP contribution in [0.2, 0.25) is 0 Å². The van der Waals surface area contributed by atoms with Gasteiger partial charge in [0.05, 0.1) is 28.8 Å². The molecule has 1 heterocycles. The van der Waals surface area contributed by atoms with Crippen molar-refractivity contribution in [3.63, 3.8) is 0 Å². The summed E-state index contributed by atoms with van der Waals surface area (Å²) in [4.78, 5) is 4.58. The predicted molar refractivity (Wildman–Crippen MR) is 84.8 cm³/mol. The van der Waals surface area contributed by atoms with Gasteiger partial charge in [0.25, 0.3) is 0 Å². The Hall–Kier alpha value is -2.34. The highest BCUT2D eigenvalue weighted by molar-refractivity contribution is 7.90. The van der Waals surface area contributed by atoms with Crippen LogP contribution in [0.25, 0.3) is 11.0 Å². The Morgan fingerprint density at radius 1 is 1.14 bits per heavy atom. The van der Waals surface area contributed by atoms with Crippen molar-refractivity contribution in [3.05, 3.63) is 54.9 Å². The van der Waals surface area contributed by atoms with Crippen molar-refractivity contribution in [1.82, 2.24) is 9.55 Å². The summed E-state index contributed by atoms with van der Waals surface area (Å²) in [5.74, 6) is 0.548. The van der Waals surface area contributed by atoms with Gasteiger partial charge in [-0.25, -0.2) is 13.4 Å². The van der Waals surface area contributed by atoms with E-state index in [1.165, 1.54) is 6.26 Å². The molecule has 6 heteroatoms. The molecule has 0 amide bonds. The number of aromatic nitrogens is 2. The van der Waals surface area contributed by atoms with Gasteiger partial charge in [-0.3, -0.25) is 0 Å². The molecule has 114 valence electrons. The van der Waals surface area contributed by atoms with Crippen LogP contribution in [0.5, 0.6) is 5.75 Å². The number of hydrogen-bond acceptors (Lipinski definition) is 4. The fraction of sp³-hybridized carbons (Fsp3) is 0.188. The van der Waals surface area contributed by atoms with Crippen LogP contribution in [0.4, 0.5) is 0 Å². The van der Waals surface area contributed by atoms with Crippen molar-refractivity contribution in [3.8, 4) is 5.75 Å². The lowest BCUT2D eigenvalue weighted by molar-refractivity contribution is 0.299. The van der Waals surface area contributed by atoms with E-state index in [4.69, 9.17) is 4.74 Å². The molecule has 1 aromatic heterocycles. The van der Waals surface area contributed by atoms with Gasteiger partial charge >= 0.3 is 0 Å². The standard InChI is InChI=1S/C16H16N2O3S/c1-22(19,20)14-6-4-5-13(11-14)21-10-9-18-12-17-15-7-2-3-8-16(15)18/h2-8,11-12H,9-10H2,1H3. The molecule has 0 saturated heterocycles. The highest BCUT2D eigenvalue weighted by Crippen LogP contribution is 2.18. The number of hydrogen-bond donors (Lipinski definition) is 0. The Bertz CT molecular complexity index is 900. The lowest BCUT2D eigenvalue weighted by Gasteiger charge is -2.08. The third-order valence-electron chi connectivity index (χ3n) is 3.36. The Morgan fingerprint density at radius 2 is 1.95 bits per heavy atom. The Balaban J connectivity index is 1.69. The smallest absolute Gasteiger partial charge is 0.175 e. The number of para-hydroxylation sites is 2. The van der Waals surface area contributed by atoms with E-state index >= 15 is 0 Å². The van der Waals surface area contributed by atoms with Gasteiger partial charge in [0.15, 0.2) is 9.84 Å². The Morgan fingerprint density at radius 3 is 2.77 bits per heavy atom. The molecule has 3 aromatic rings. The fourth-order valence-electron chi connectivity index (χ4n) is 2.24. The van der Waals surface area contributed by atoms with Crippen molar-refractivity contribution in [2.24, 2.45) is 0 Å². The summed E-state index contributed by atoms with van der Waals surface area (Å²) in [5.41, 5.74) is 2.00. The lowest BCUT2D eigenvalue weighted by atomic mass is 10.3. The van der Waals surface area contributed by atoms with E-state index in [1.807, 2.05) is 28.8 Å². The molecule has 0 unspecified atom stereocenters. The van der Waals surface area contributed by atoms with Crippen LogP contribution in [0.15, 0.2) is 59.8 Å². The van der Waals surface area contributed by atoms with Crippen LogP contribution in [-0.4, -0.2) is 30.8 Å². The maximum absolute atomic E-state index is 11.5. The second-order valence-corrected chi connectivity index (χ2v) is 7.04. The number of rotatable bonds is 5. The number of fused-ring (bicyclic) bond motifs is 1. The summed E-state index contributed by atoms with van der Waals surface area (Å²) in [5, 5.41) is 0. The van der Waals surface area contributed by atoms with Crippen molar-refractivity contribution in [2.45, 2.75) is 11.4 Å². The van der Waals surface area contributed by atoms with Crippen molar-refractivity contribution < 1.29 is 13.2 Å². The van der Waals surface area contributed by atoms with Crippen molar-refractivity contribution in [1.29, 1.82) is 0 Å². The lowest BCUT2D eigenvalue weighted by Crippen LogP contribution is -2.07. The minimum Gasteiger partial charge on any atom is -0.492 e. The maximum Gasteiger partial charge on any atom is 0.175 e. The number of sulfone groups is 1. The average molecular weight is 316 g/mol. The Kier molecular flexibility index (Phi) is 3.85. The van der Waals surface area contributed by atoms with Gasteiger partial charge in [-0.05, 0) is 30.3 Å². The van der Waals surface area contributed by atoms with Gasteiger partial charge in [0, 0.05) is 6.26 Å². The van der Waals surface area contributed by atoms with Crippen LogP contribution in [0.3, 0.4) is 0 Å². The van der Waals surface area contributed by atoms with E-state index in [9.17, 15) is 8.42 Å². The zero-order valence-electron chi connectivity index (χ0n) is 12.1. The number of ether oxygens (including phenoxy) is 1. The molecule has 2 aromatic carbocycles. The van der Waals surface area contributed by atoms with Gasteiger partial charge in [-0.15, -0.1) is 0 Å². The Labute approximate surface area is 129 Å². The molecule has 0 atom stereocenters. The number of imidazole rings is 1. The van der Waals surface area contributed by atoms with Crippen LogP contribution in [0, 0.1) is 0 Å². The third-order valence-corrected chi connectivity index (χ3v) is 4.47. The van der Waals surface area contributed by atoms with Gasteiger partial charge in [-0.1, -0.05) is 18.2 Å². The molecule has 0 bridgehead atoms. The first-order valence-electron chi connectivity index (χ1n) is 6.87. The molecule has 0 aliphatic carbocycles. The summed E-state index contributed by atoms with van der Waals surface area (Å²) in [6.45, 7) is 1.08. The summed E-state index contributed by atoms with van der Waals surface area (Å²) >= 11 is 0. The minimum atomic E-state index is -3.22. The summed E-state index contributed by atoms with van der Waals surface area (Å²) < 4.78 is 30.7. The minimum absolute atomic E-state index is 0.262. The van der Waals surface area contributed by atoms with Crippen LogP contribution in [-0.2, 0) is 16.4 Å². The molecular formula is C16H16N2O3S. The molecular weight excluding hydrogens is 300 g/mol. The summed E-state index contributed by atoms with van der Waals surface area (Å²) in [7, 11) is -3.22. The molecule has 3 rings (SSSR count). The van der Waals surface area contributed by atoms with Crippen molar-refractivity contribution in [2.75, 3.05) is 12.9 Å². The van der Waals surface area contributed by atoms with Gasteiger partial charge in [0.1, 0.15) is 12.4 Å². The van der Waals surface area contributed by atoms with E-state index in [-0.39, 0.29) is 4.90 Å². The third kappa shape index (κ3) is 3.12. The zero-order chi connectivity index (χ0) is 15.6. The topological polar surface area (TPSA) is 61.2 Å². The number of benzene rings is 2. The molecule has 22 heavy (non-hydrogen) atoms. The SMILES string of the molecule is CS(=O)(=O)c1cccc(OCCn2cnc3ccccc32)c1. The zero-order valence-corrected chi connectivity index (χ0v) is 13.0. The normalized spacial score (nSPS) is 11.7. The molecule has 0 fully saturated rings. The second-order valence-electron chi connectivity index (χ2n) is 5.02. The van der Waals surface area contributed by atoms with Crippen molar-refractivity contribution >= 4 is 20.9 Å². The summed E-state index contributed by atoms with van der Waals surface area (Å²) in [6, 6.07) is 14.4. The van der Waals surface area contributed by atoms with E-state index in [2.05, 4.69) is 4.98 Å². The molecule has 5 nitrogen and oxygen atoms in total. The van der Waals surface area contributed by atoms with Crippen LogP contribution >= 0.6 is 0 Å². The molecule has 0 N–H and O–H groups in total. The molecule has 0 radical (unpaired) electrons. The first-order chi connectivity index (χ1) is 10.5. The predicted octanol–water partition coefficient (Wildman–Crippen LogP) is 2.52. The molecule has 0 aliphatic heterocycles. The molecule has 0 spiro atoms. The highest BCUT2D eigenvalue weighted by Gasteiger charge is 2.08. The van der Waals surface area contributed by atoms with E-state index in [0.29, 0.717) is 18.9 Å². The van der Waals surface area contributed by atoms with Gasteiger partial charge in [-0.2, -0.15) is 0 Å². The average Bonchev–Trinajstić information content (AvgIpc) is 2.90. The fourth-order valence-corrected chi connectivity index (χ4v) is 2.90. The van der Waals surface area contributed by atoms with E-state index in [1.54, 1.807) is 30.6 Å². The maximum atomic E-state index is 11.5. The van der Waals surface area contributed by atoms with Crippen LogP contribution in [0.1, 0.15) is 0 Å². The first-order valence-corrected chi connectivity index (χ1v) is 8.76. The largest absolute Gasteiger partial charge is 0.492 e. The highest BCUT2D eigenvalue weighted by atomic mass is 32.2. The van der Waals surface area contributed by atoms with Gasteiger partial charge in [0.2, 0.25) is 0 Å². The first kappa shape index (κ1) is 14.6. The molecule has 0 aliphatic rings. The van der Waals surface area contributed by atoms with E-state index in [0.717, 1.165) is 11.0 Å². The second kappa shape index (κ2) is 5.81. The van der Waals surface area contributed by atoms with Crippen LogP contribution < -0.4 is 4.74 Å². The van der Waals surface area contributed by atoms with Gasteiger partial charge < -0.3 is 9.30 Å². The summed E-state index contributed by atoms with van der Waals surface area (Å²) in [6.07, 6.45) is 2.96. The van der Waals surface area contributed by atoms with E-state index < -0.39 is 9.84 Å². The number of nitrogens with zero attached hydrogens (tertiary/aromatic N) is 2. The molecule has 0 saturated carbocycles.